The van der Waals surface area contributed by atoms with Gasteiger partial charge < -0.3 is 5.32 Å². The zero-order valence-corrected chi connectivity index (χ0v) is 20.1. The van der Waals surface area contributed by atoms with Crippen molar-refractivity contribution in [3.05, 3.63) is 107 Å². The average molecular weight is 475 g/mol. The molecule has 0 spiro atoms. The molecule has 1 amide bonds. The minimum Gasteiger partial charge on any atom is -0.350 e. The third kappa shape index (κ3) is 5.72. The first-order valence-electron chi connectivity index (χ1n) is 11.3. The predicted octanol–water partition coefficient (Wildman–Crippen LogP) is 5.82. The fraction of sp³-hybridized carbons (Fsp3) is 0.222. The molecule has 34 heavy (non-hydrogen) atoms. The molecule has 0 bridgehead atoms. The highest BCUT2D eigenvalue weighted by Crippen LogP contribution is 2.27. The van der Waals surface area contributed by atoms with Crippen LogP contribution in [0.15, 0.2) is 84.0 Å². The first-order chi connectivity index (χ1) is 16.5. The highest BCUT2D eigenvalue weighted by Gasteiger charge is 2.18. The second-order valence-corrected chi connectivity index (χ2v) is 9.06. The number of rotatable bonds is 9. The number of para-hydroxylation sites is 1. The molecule has 0 aliphatic rings. The molecule has 0 aliphatic heterocycles. The second kappa shape index (κ2) is 11.1. The summed E-state index contributed by atoms with van der Waals surface area (Å²) in [5.41, 5.74) is 3.18. The largest absolute Gasteiger partial charge is 0.350 e. The molecule has 3 aromatic carbocycles. The minimum absolute atomic E-state index is 0.0709. The van der Waals surface area contributed by atoms with Crippen molar-refractivity contribution in [3.8, 4) is 5.69 Å². The van der Waals surface area contributed by atoms with Gasteiger partial charge in [-0.15, -0.1) is 10.2 Å². The molecule has 5 nitrogen and oxygen atoms in total. The van der Waals surface area contributed by atoms with Crippen molar-refractivity contribution in [2.45, 2.75) is 43.6 Å². The molecular weight excluding hydrogens is 447 g/mol. The van der Waals surface area contributed by atoms with Crippen molar-refractivity contribution >= 4 is 17.7 Å². The van der Waals surface area contributed by atoms with Crippen molar-refractivity contribution in [1.82, 2.24) is 20.1 Å². The van der Waals surface area contributed by atoms with E-state index in [1.54, 1.807) is 16.7 Å². The molecule has 0 fully saturated rings. The SMILES string of the molecule is CC[C@@H](C)NC(=O)c1ccc(CSc2nnc(Cc3ccccc3)n2-c2ccccc2F)cc1. The van der Waals surface area contributed by atoms with Crippen molar-refractivity contribution in [3.63, 3.8) is 0 Å². The molecule has 0 saturated heterocycles. The Balaban J connectivity index is 1.54. The van der Waals surface area contributed by atoms with Gasteiger partial charge in [0, 0.05) is 23.8 Å². The Hall–Kier alpha value is -3.45. The smallest absolute Gasteiger partial charge is 0.251 e. The Labute approximate surface area is 203 Å². The summed E-state index contributed by atoms with van der Waals surface area (Å²) >= 11 is 1.49. The first kappa shape index (κ1) is 23.7. The number of halogens is 1. The number of hydrogen-bond acceptors (Lipinski definition) is 4. The molecule has 0 unspecified atom stereocenters. The first-order valence-corrected chi connectivity index (χ1v) is 12.3. The van der Waals surface area contributed by atoms with E-state index in [0.29, 0.717) is 34.4 Å². The maximum absolute atomic E-state index is 14.7. The van der Waals surface area contributed by atoms with E-state index in [1.807, 2.05) is 74.5 Å². The summed E-state index contributed by atoms with van der Waals surface area (Å²) in [5.74, 6) is 0.898. The van der Waals surface area contributed by atoms with E-state index in [1.165, 1.54) is 17.8 Å². The summed E-state index contributed by atoms with van der Waals surface area (Å²) in [5, 5.41) is 12.4. The molecule has 0 saturated carbocycles. The fourth-order valence-electron chi connectivity index (χ4n) is 3.47. The van der Waals surface area contributed by atoms with Crippen molar-refractivity contribution in [2.24, 2.45) is 0 Å². The van der Waals surface area contributed by atoms with Gasteiger partial charge >= 0.3 is 0 Å². The van der Waals surface area contributed by atoms with Crippen LogP contribution in [0.25, 0.3) is 5.69 Å². The molecule has 0 radical (unpaired) electrons. The monoisotopic (exact) mass is 474 g/mol. The Morgan fingerprint density at radius 2 is 1.68 bits per heavy atom. The van der Waals surface area contributed by atoms with Gasteiger partial charge in [-0.25, -0.2) is 4.39 Å². The van der Waals surface area contributed by atoms with Gasteiger partial charge in [-0.1, -0.05) is 73.3 Å². The lowest BCUT2D eigenvalue weighted by atomic mass is 10.1. The predicted molar refractivity (Wildman–Crippen MR) is 134 cm³/mol. The van der Waals surface area contributed by atoms with E-state index in [4.69, 9.17) is 0 Å². The van der Waals surface area contributed by atoms with Gasteiger partial charge in [0.15, 0.2) is 5.16 Å². The highest BCUT2D eigenvalue weighted by molar-refractivity contribution is 7.98. The molecule has 1 atom stereocenters. The highest BCUT2D eigenvalue weighted by atomic mass is 32.2. The van der Waals surface area contributed by atoms with Gasteiger partial charge in [-0.3, -0.25) is 9.36 Å². The van der Waals surface area contributed by atoms with Crippen LogP contribution in [0.1, 0.15) is 47.6 Å². The van der Waals surface area contributed by atoms with Gasteiger partial charge in [0.1, 0.15) is 11.6 Å². The van der Waals surface area contributed by atoms with Crippen LogP contribution in [-0.4, -0.2) is 26.7 Å². The second-order valence-electron chi connectivity index (χ2n) is 8.12. The van der Waals surface area contributed by atoms with Crippen LogP contribution < -0.4 is 5.32 Å². The fourth-order valence-corrected chi connectivity index (χ4v) is 4.39. The summed E-state index contributed by atoms with van der Waals surface area (Å²) in [6.07, 6.45) is 1.43. The van der Waals surface area contributed by atoms with Gasteiger partial charge in [0.05, 0.1) is 5.69 Å². The number of thioether (sulfide) groups is 1. The van der Waals surface area contributed by atoms with E-state index in [2.05, 4.69) is 15.5 Å². The summed E-state index contributed by atoms with van der Waals surface area (Å²) < 4.78 is 16.5. The molecule has 7 heteroatoms. The maximum atomic E-state index is 14.7. The van der Waals surface area contributed by atoms with Gasteiger partial charge in [-0.2, -0.15) is 0 Å². The number of carbonyl (C=O) groups excluding carboxylic acids is 1. The lowest BCUT2D eigenvalue weighted by molar-refractivity contribution is 0.0939. The van der Waals surface area contributed by atoms with E-state index >= 15 is 0 Å². The maximum Gasteiger partial charge on any atom is 0.251 e. The third-order valence-corrected chi connectivity index (χ3v) is 6.57. The lowest BCUT2D eigenvalue weighted by Gasteiger charge is -2.12. The van der Waals surface area contributed by atoms with E-state index in [0.717, 1.165) is 17.5 Å². The zero-order valence-electron chi connectivity index (χ0n) is 19.2. The molecule has 1 heterocycles. The number of nitrogens with one attached hydrogen (secondary N) is 1. The molecule has 4 rings (SSSR count). The van der Waals surface area contributed by atoms with Crippen LogP contribution in [0.2, 0.25) is 0 Å². The Morgan fingerprint density at radius 1 is 0.971 bits per heavy atom. The number of nitrogens with zero attached hydrogens (tertiary/aromatic N) is 3. The van der Waals surface area contributed by atoms with Crippen LogP contribution in [0, 0.1) is 5.82 Å². The average Bonchev–Trinajstić information content (AvgIpc) is 3.25. The molecule has 1 N–H and O–H groups in total. The van der Waals surface area contributed by atoms with Gasteiger partial charge in [0.2, 0.25) is 0 Å². The minimum atomic E-state index is -0.324. The topological polar surface area (TPSA) is 59.8 Å². The van der Waals surface area contributed by atoms with Crippen LogP contribution in [-0.2, 0) is 12.2 Å². The van der Waals surface area contributed by atoms with Crippen LogP contribution >= 0.6 is 11.8 Å². The molecule has 4 aromatic rings. The Bertz CT molecular complexity index is 1240. The standard InChI is InChI=1S/C27H27FN4OS/c1-3-19(2)29-26(33)22-15-13-21(14-16-22)18-34-27-31-30-25(17-20-9-5-4-6-10-20)32(27)24-12-8-7-11-23(24)28/h4-16,19H,3,17-18H2,1-2H3,(H,29,33)/t19-/m1/s1. The summed E-state index contributed by atoms with van der Waals surface area (Å²) in [7, 11) is 0. The summed E-state index contributed by atoms with van der Waals surface area (Å²) in [4.78, 5) is 12.3. The number of carbonyl (C=O) groups is 1. The molecular formula is C27H27FN4OS. The van der Waals surface area contributed by atoms with E-state index in [9.17, 15) is 9.18 Å². The van der Waals surface area contributed by atoms with Crippen LogP contribution in [0.5, 0.6) is 0 Å². The van der Waals surface area contributed by atoms with Gasteiger partial charge in [0.25, 0.3) is 5.91 Å². The Morgan fingerprint density at radius 3 is 2.38 bits per heavy atom. The van der Waals surface area contributed by atoms with E-state index < -0.39 is 0 Å². The summed E-state index contributed by atoms with van der Waals surface area (Å²) in [6.45, 7) is 4.03. The molecule has 0 aliphatic carbocycles. The van der Waals surface area contributed by atoms with Crippen molar-refractivity contribution in [2.75, 3.05) is 0 Å². The molecule has 174 valence electrons. The van der Waals surface area contributed by atoms with Crippen molar-refractivity contribution in [1.29, 1.82) is 0 Å². The van der Waals surface area contributed by atoms with Crippen LogP contribution in [0.4, 0.5) is 4.39 Å². The normalized spacial score (nSPS) is 11.9. The van der Waals surface area contributed by atoms with Crippen molar-refractivity contribution < 1.29 is 9.18 Å². The third-order valence-electron chi connectivity index (χ3n) is 5.57. The number of hydrogen-bond donors (Lipinski definition) is 1. The number of benzene rings is 3. The van der Waals surface area contributed by atoms with Crippen LogP contribution in [0.3, 0.4) is 0 Å². The quantitative estimate of drug-likeness (QED) is 0.311. The number of amides is 1. The van der Waals surface area contributed by atoms with E-state index in [-0.39, 0.29) is 17.8 Å². The Kier molecular flexibility index (Phi) is 7.75. The summed E-state index contributed by atoms with van der Waals surface area (Å²) in [6, 6.07) is 24.3. The number of aromatic nitrogens is 3. The lowest BCUT2D eigenvalue weighted by Crippen LogP contribution is -2.31. The zero-order chi connectivity index (χ0) is 23.9. The van der Waals surface area contributed by atoms with Gasteiger partial charge in [-0.05, 0) is 48.7 Å². The molecule has 1 aromatic heterocycles.